The monoisotopic (exact) mass is 691 g/mol. The number of hydrogen-bond acceptors (Lipinski definition) is 0. The van der Waals surface area contributed by atoms with E-state index in [4.69, 9.17) is 0 Å². The summed E-state index contributed by atoms with van der Waals surface area (Å²) in [6, 6.07) is 28.7. The smallest absolute Gasteiger partial charge is 1.00 e. The molecule has 1 aliphatic rings. The molecule has 0 amide bonds. The Morgan fingerprint density at radius 3 is 1.81 bits per heavy atom. The van der Waals surface area contributed by atoms with Crippen molar-refractivity contribution in [3.8, 4) is 11.1 Å². The van der Waals surface area contributed by atoms with Gasteiger partial charge >= 0.3 is 38.6 Å². The Kier molecular flexibility index (Phi) is 10.0. The molecule has 0 saturated heterocycles. The molecule has 1 aliphatic carbocycles. The number of rotatable bonds is 3. The van der Waals surface area contributed by atoms with Crippen molar-refractivity contribution in [2.45, 2.75) is 25.2 Å². The second-order valence-electron chi connectivity index (χ2n) is 9.78. The molecule has 0 nitrogen and oxygen atoms in total. The average molecular weight is 694 g/mol. The van der Waals surface area contributed by atoms with Gasteiger partial charge in [-0.1, -0.05) is 78.4 Å². The first-order valence-corrected chi connectivity index (χ1v) is 12.4. The van der Waals surface area contributed by atoms with Crippen molar-refractivity contribution in [2.75, 3.05) is 0 Å². The first kappa shape index (κ1) is 33.8. The van der Waals surface area contributed by atoms with E-state index in [1.165, 1.54) is 0 Å². The number of hydrogen-bond donors (Lipinski definition) is 0. The Morgan fingerprint density at radius 2 is 1.19 bits per heavy atom. The van der Waals surface area contributed by atoms with Gasteiger partial charge in [-0.15, -0.1) is 34.0 Å². The van der Waals surface area contributed by atoms with Gasteiger partial charge in [0.25, 0.3) is 0 Å². The van der Waals surface area contributed by atoms with E-state index in [0.717, 1.165) is 50.7 Å². The summed E-state index contributed by atoms with van der Waals surface area (Å²) in [7, 11) is 0. The number of benzene rings is 4. The predicted molar refractivity (Wildman–Crippen MR) is 142 cm³/mol. The number of alkyl halides is 6. The fourth-order valence-corrected chi connectivity index (χ4v) is 5.81. The molecule has 0 spiro atoms. The molecule has 1 atom stereocenters. The van der Waals surface area contributed by atoms with Gasteiger partial charge in [-0.2, -0.15) is 26.3 Å². The van der Waals surface area contributed by atoms with Gasteiger partial charge in [0.05, 0.1) is 11.1 Å². The van der Waals surface area contributed by atoms with E-state index in [9.17, 15) is 26.3 Å². The minimum atomic E-state index is -4.94. The molecule has 0 fully saturated rings. The Bertz CT molecular complexity index is 1720. The third-order valence-electron chi connectivity index (χ3n) is 7.48. The van der Waals surface area contributed by atoms with E-state index >= 15 is 0 Å². The molecule has 0 saturated carbocycles. The van der Waals surface area contributed by atoms with Crippen molar-refractivity contribution < 1.29 is 77.4 Å². The zero-order valence-electron chi connectivity index (χ0n) is 21.9. The standard InChI is InChI=1S/C33H21F6.2ClH.Zr/c1-19-25-12-7-8-14-27(25)31(29(19)22-15-23(32(34,35)36)18-24(16-22)33(37,38)39)30-26-13-6-5-11-21(26)17-28(30)20-9-3-2-4-10-20;;;/h2-18,31H,1H3;2*1H;/q-1;;;+3/p-2. The fraction of sp³-hybridized carbons (Fsp3) is 0.121. The molecule has 5 aromatic carbocycles. The Hall–Kier alpha value is -2.73. The number of halogens is 8. The molecule has 5 aromatic rings. The van der Waals surface area contributed by atoms with Crippen LogP contribution >= 0.6 is 0 Å². The van der Waals surface area contributed by atoms with Crippen LogP contribution < -0.4 is 24.8 Å². The normalized spacial score (nSPS) is 14.6. The SMILES string of the molecule is CC1=C(c2cc(C(F)(F)F)cc(C(F)(F)F)c2)C(c2c(-c3ccccc3)[cH-]c3ccccc23)c2ccccc21.[Cl-].[Cl-].[Zr+3]. The van der Waals surface area contributed by atoms with Crippen molar-refractivity contribution in [1.82, 2.24) is 0 Å². The Morgan fingerprint density at radius 1 is 0.643 bits per heavy atom. The second kappa shape index (κ2) is 12.5. The summed E-state index contributed by atoms with van der Waals surface area (Å²) in [5.74, 6) is -0.569. The van der Waals surface area contributed by atoms with Crippen molar-refractivity contribution in [3.05, 3.63) is 137 Å². The molecule has 6 rings (SSSR count). The minimum Gasteiger partial charge on any atom is -1.00 e. The molecule has 0 N–H and O–H groups in total. The summed E-state index contributed by atoms with van der Waals surface area (Å²) < 4.78 is 83.2. The fourth-order valence-electron chi connectivity index (χ4n) is 5.81. The molecular formula is C33H21Cl2F6Zr. The van der Waals surface area contributed by atoms with Crippen LogP contribution in [0.5, 0.6) is 0 Å². The van der Waals surface area contributed by atoms with E-state index in [2.05, 4.69) is 0 Å². The predicted octanol–water partition coefficient (Wildman–Crippen LogP) is 4.35. The van der Waals surface area contributed by atoms with Gasteiger partial charge in [-0.3, -0.25) is 0 Å². The van der Waals surface area contributed by atoms with Gasteiger partial charge in [-0.25, -0.2) is 0 Å². The summed E-state index contributed by atoms with van der Waals surface area (Å²) >= 11 is 0. The quantitative estimate of drug-likeness (QED) is 0.195. The van der Waals surface area contributed by atoms with Crippen molar-refractivity contribution in [1.29, 1.82) is 0 Å². The minimum absolute atomic E-state index is 0. The third kappa shape index (κ3) is 5.89. The first-order valence-electron chi connectivity index (χ1n) is 12.4. The molecule has 0 bridgehead atoms. The Labute approximate surface area is 270 Å². The number of fused-ring (bicyclic) bond motifs is 2. The molecule has 0 heterocycles. The summed E-state index contributed by atoms with van der Waals surface area (Å²) in [6.45, 7) is 1.77. The van der Waals surface area contributed by atoms with Crippen molar-refractivity contribution >= 4 is 21.9 Å². The van der Waals surface area contributed by atoms with Gasteiger partial charge < -0.3 is 24.8 Å². The molecule has 42 heavy (non-hydrogen) atoms. The van der Waals surface area contributed by atoms with Crippen LogP contribution in [0.3, 0.4) is 0 Å². The van der Waals surface area contributed by atoms with Crippen LogP contribution in [-0.4, -0.2) is 0 Å². The zero-order chi connectivity index (χ0) is 27.5. The summed E-state index contributed by atoms with van der Waals surface area (Å²) in [5.41, 5.74) is 2.72. The van der Waals surface area contributed by atoms with Crippen molar-refractivity contribution in [2.24, 2.45) is 0 Å². The molecule has 1 radical (unpaired) electrons. The van der Waals surface area contributed by atoms with Gasteiger partial charge in [0, 0.05) is 5.92 Å². The maximum absolute atomic E-state index is 13.9. The topological polar surface area (TPSA) is 0 Å². The summed E-state index contributed by atoms with van der Waals surface area (Å²) in [5, 5.41) is 1.86. The van der Waals surface area contributed by atoms with E-state index in [1.807, 2.05) is 84.9 Å². The largest absolute Gasteiger partial charge is 3.00 e. The van der Waals surface area contributed by atoms with Gasteiger partial charge in [0.1, 0.15) is 0 Å². The zero-order valence-corrected chi connectivity index (χ0v) is 25.9. The van der Waals surface area contributed by atoms with E-state index < -0.39 is 29.4 Å². The van der Waals surface area contributed by atoms with Crippen LogP contribution in [0, 0.1) is 0 Å². The maximum Gasteiger partial charge on any atom is 3.00 e. The molecule has 0 aliphatic heterocycles. The van der Waals surface area contributed by atoms with Crippen LogP contribution in [-0.2, 0) is 38.6 Å². The number of allylic oxidation sites excluding steroid dienone is 2. The van der Waals surface area contributed by atoms with Crippen LogP contribution in [0.2, 0.25) is 0 Å². The van der Waals surface area contributed by atoms with Crippen LogP contribution in [0.4, 0.5) is 26.3 Å². The summed E-state index contributed by atoms with van der Waals surface area (Å²) in [4.78, 5) is 0. The van der Waals surface area contributed by atoms with Crippen molar-refractivity contribution in [3.63, 3.8) is 0 Å². The van der Waals surface area contributed by atoms with E-state index in [1.54, 1.807) is 6.92 Å². The first-order chi connectivity index (χ1) is 18.5. The van der Waals surface area contributed by atoms with E-state index in [-0.39, 0.29) is 62.6 Å². The summed E-state index contributed by atoms with van der Waals surface area (Å²) in [6.07, 6.45) is -9.87. The van der Waals surface area contributed by atoms with Crippen LogP contribution in [0.25, 0.3) is 33.0 Å². The second-order valence-corrected chi connectivity index (χ2v) is 9.78. The van der Waals surface area contributed by atoms with E-state index in [0.29, 0.717) is 11.1 Å². The Balaban J connectivity index is 0.00000161. The molecule has 9 heteroatoms. The van der Waals surface area contributed by atoms with Gasteiger partial charge in [-0.05, 0) is 53.0 Å². The van der Waals surface area contributed by atoms with Gasteiger partial charge in [0.2, 0.25) is 0 Å². The molecular weight excluding hydrogens is 672 g/mol. The average Bonchev–Trinajstić information content (AvgIpc) is 3.43. The maximum atomic E-state index is 13.9. The van der Waals surface area contributed by atoms with Gasteiger partial charge in [0.15, 0.2) is 0 Å². The van der Waals surface area contributed by atoms with Crippen LogP contribution in [0.15, 0.2) is 103 Å². The molecule has 213 valence electrons. The third-order valence-corrected chi connectivity index (χ3v) is 7.48. The van der Waals surface area contributed by atoms with Crippen LogP contribution in [0.1, 0.15) is 46.2 Å². The molecule has 1 unspecified atom stereocenters. The molecule has 0 aromatic heterocycles.